The number of carbonyl (C=O) groups excluding carboxylic acids is 4. The topological polar surface area (TPSA) is 87.2 Å². The fourth-order valence-corrected chi connectivity index (χ4v) is 3.60. The largest absolute Gasteiger partial charge is 0.468 e. The molecule has 0 aliphatic carbocycles. The molecule has 1 saturated heterocycles. The fraction of sp³-hybridized carbons (Fsp3) is 0.280. The number of imide groups is 2. The maximum atomic E-state index is 13.2. The predicted molar refractivity (Wildman–Crippen MR) is 124 cm³/mol. The number of methoxy groups -OCH3 is 1. The quantitative estimate of drug-likeness (QED) is 0.350. The first-order valence-electron chi connectivity index (χ1n) is 10.7. The van der Waals surface area contributed by atoms with Crippen molar-refractivity contribution in [3.05, 3.63) is 71.3 Å². The number of barbiturate groups is 1. The summed E-state index contributed by atoms with van der Waals surface area (Å²) in [7, 11) is 1.17. The smallest absolute Gasteiger partial charge is 0.334 e. The van der Waals surface area contributed by atoms with Crippen LogP contribution in [0.3, 0.4) is 0 Å². The number of ether oxygens (including phenoxy) is 1. The number of rotatable bonds is 8. The Kier molecular flexibility index (Phi) is 7.61. The molecule has 33 heavy (non-hydrogen) atoms. The summed E-state index contributed by atoms with van der Waals surface area (Å²) < 4.78 is 4.63. The number of hydrogen-bond donors (Lipinski definition) is 0. The summed E-state index contributed by atoms with van der Waals surface area (Å²) in [5.41, 5.74) is 2.19. The third-order valence-corrected chi connectivity index (χ3v) is 5.44. The van der Waals surface area contributed by atoms with Crippen LogP contribution in [0.5, 0.6) is 0 Å². The zero-order valence-electron chi connectivity index (χ0n) is 19.0. The zero-order valence-corrected chi connectivity index (χ0v) is 19.0. The number of benzene rings is 2. The van der Waals surface area contributed by atoms with Gasteiger partial charge in [0.2, 0.25) is 0 Å². The maximum absolute atomic E-state index is 13.2. The van der Waals surface area contributed by atoms with E-state index in [1.807, 2.05) is 30.3 Å². The number of nitrogens with zero attached hydrogens (tertiary/aromatic N) is 3. The molecular weight excluding hydrogens is 422 g/mol. The van der Waals surface area contributed by atoms with Gasteiger partial charge in [0, 0.05) is 18.8 Å². The second-order valence-corrected chi connectivity index (χ2v) is 7.45. The number of carbonyl (C=O) groups is 4. The second-order valence-electron chi connectivity index (χ2n) is 7.45. The van der Waals surface area contributed by atoms with Crippen LogP contribution in [0.4, 0.5) is 10.5 Å². The van der Waals surface area contributed by atoms with Crippen molar-refractivity contribution in [3.63, 3.8) is 0 Å². The van der Waals surface area contributed by atoms with Gasteiger partial charge in [0.1, 0.15) is 12.1 Å². The standard InChI is InChI=1S/C25H27N3O5/c1-4-26(5-2)20-13-11-18(12-14-20)15-21-23(30)27(16-19-9-7-6-8-10-19)25(32)28(24(21)31)17-22(29)33-3/h6-15H,4-5,16-17H2,1-3H3. The van der Waals surface area contributed by atoms with Gasteiger partial charge in [0.15, 0.2) is 0 Å². The van der Waals surface area contributed by atoms with Crippen molar-refractivity contribution in [1.82, 2.24) is 9.80 Å². The Morgan fingerprint density at radius 3 is 2.09 bits per heavy atom. The lowest BCUT2D eigenvalue weighted by atomic mass is 10.0. The molecule has 2 aromatic carbocycles. The molecule has 0 aromatic heterocycles. The number of hydrogen-bond acceptors (Lipinski definition) is 6. The van der Waals surface area contributed by atoms with E-state index >= 15 is 0 Å². The van der Waals surface area contributed by atoms with Crippen molar-refractivity contribution < 1.29 is 23.9 Å². The van der Waals surface area contributed by atoms with Gasteiger partial charge in [0.05, 0.1) is 13.7 Å². The Morgan fingerprint density at radius 2 is 1.52 bits per heavy atom. The highest BCUT2D eigenvalue weighted by atomic mass is 16.5. The van der Waals surface area contributed by atoms with Gasteiger partial charge in [-0.25, -0.2) is 9.69 Å². The summed E-state index contributed by atoms with van der Waals surface area (Å²) in [6.45, 7) is 5.23. The third kappa shape index (κ3) is 5.28. The molecule has 0 unspecified atom stereocenters. The van der Waals surface area contributed by atoms with Crippen molar-refractivity contribution in [2.75, 3.05) is 31.6 Å². The van der Waals surface area contributed by atoms with E-state index in [1.165, 1.54) is 13.2 Å². The van der Waals surface area contributed by atoms with Crippen LogP contribution < -0.4 is 4.90 Å². The molecule has 1 fully saturated rings. The second kappa shape index (κ2) is 10.6. The molecule has 1 aliphatic rings. The highest BCUT2D eigenvalue weighted by Crippen LogP contribution is 2.23. The van der Waals surface area contributed by atoms with Gasteiger partial charge >= 0.3 is 12.0 Å². The summed E-state index contributed by atoms with van der Waals surface area (Å²) in [4.78, 5) is 54.9. The molecule has 1 heterocycles. The maximum Gasteiger partial charge on any atom is 0.334 e. The molecule has 0 saturated carbocycles. The third-order valence-electron chi connectivity index (χ3n) is 5.44. The van der Waals surface area contributed by atoms with E-state index in [1.54, 1.807) is 24.3 Å². The molecule has 0 atom stereocenters. The van der Waals surface area contributed by atoms with Crippen LogP contribution in [0.1, 0.15) is 25.0 Å². The number of anilines is 1. The van der Waals surface area contributed by atoms with Crippen LogP contribution in [0.15, 0.2) is 60.2 Å². The van der Waals surface area contributed by atoms with Crippen LogP contribution >= 0.6 is 0 Å². The summed E-state index contributed by atoms with van der Waals surface area (Å²) in [6, 6.07) is 15.5. The van der Waals surface area contributed by atoms with E-state index in [9.17, 15) is 19.2 Å². The summed E-state index contributed by atoms with van der Waals surface area (Å²) in [6.07, 6.45) is 1.45. The lowest BCUT2D eigenvalue weighted by Gasteiger charge is -2.33. The Balaban J connectivity index is 1.97. The van der Waals surface area contributed by atoms with Crippen LogP contribution in [-0.2, 0) is 25.7 Å². The van der Waals surface area contributed by atoms with Crippen LogP contribution in [0.25, 0.3) is 6.08 Å². The Hall–Kier alpha value is -3.94. The van der Waals surface area contributed by atoms with E-state index in [0.29, 0.717) is 5.56 Å². The minimum Gasteiger partial charge on any atom is -0.468 e. The van der Waals surface area contributed by atoms with Crippen LogP contribution in [0, 0.1) is 0 Å². The Labute approximate surface area is 193 Å². The van der Waals surface area contributed by atoms with E-state index < -0.39 is 30.4 Å². The van der Waals surface area contributed by atoms with Crippen molar-refractivity contribution >= 4 is 35.6 Å². The van der Waals surface area contributed by atoms with Gasteiger partial charge in [-0.2, -0.15) is 0 Å². The average molecular weight is 450 g/mol. The van der Waals surface area contributed by atoms with Gasteiger partial charge < -0.3 is 9.64 Å². The van der Waals surface area contributed by atoms with Gasteiger partial charge in [-0.15, -0.1) is 0 Å². The summed E-state index contributed by atoms with van der Waals surface area (Å²) >= 11 is 0. The Morgan fingerprint density at radius 1 is 0.909 bits per heavy atom. The highest BCUT2D eigenvalue weighted by Gasteiger charge is 2.42. The molecule has 172 valence electrons. The number of urea groups is 1. The molecule has 4 amide bonds. The molecular formula is C25H27N3O5. The number of esters is 1. The first-order chi connectivity index (χ1) is 15.9. The molecule has 2 aromatic rings. The first-order valence-corrected chi connectivity index (χ1v) is 10.7. The lowest BCUT2D eigenvalue weighted by molar-refractivity contribution is -0.147. The molecule has 0 spiro atoms. The summed E-state index contributed by atoms with van der Waals surface area (Å²) in [5, 5.41) is 0. The van der Waals surface area contributed by atoms with Crippen LogP contribution in [0.2, 0.25) is 0 Å². The molecule has 3 rings (SSSR count). The first kappa shape index (κ1) is 23.7. The normalized spacial score (nSPS) is 15.2. The van der Waals surface area contributed by atoms with E-state index in [4.69, 9.17) is 0 Å². The molecule has 1 aliphatic heterocycles. The zero-order chi connectivity index (χ0) is 24.0. The molecule has 0 radical (unpaired) electrons. The average Bonchev–Trinajstić information content (AvgIpc) is 2.84. The van der Waals surface area contributed by atoms with Crippen LogP contribution in [-0.4, -0.2) is 60.4 Å². The SMILES string of the molecule is CCN(CC)c1ccc(C=C2C(=O)N(CC(=O)OC)C(=O)N(Cc3ccccc3)C2=O)cc1. The minimum absolute atomic E-state index is 0.0261. The molecule has 0 bridgehead atoms. The number of amides is 4. The van der Waals surface area contributed by atoms with Crippen molar-refractivity contribution in [2.45, 2.75) is 20.4 Å². The molecule has 8 heteroatoms. The van der Waals surface area contributed by atoms with Gasteiger partial charge in [-0.3, -0.25) is 19.3 Å². The van der Waals surface area contributed by atoms with E-state index in [2.05, 4.69) is 23.5 Å². The predicted octanol–water partition coefficient (Wildman–Crippen LogP) is 3.08. The lowest BCUT2D eigenvalue weighted by Crippen LogP contribution is -2.57. The highest BCUT2D eigenvalue weighted by molar-refractivity contribution is 6.31. The summed E-state index contributed by atoms with van der Waals surface area (Å²) in [5.74, 6) is -2.29. The van der Waals surface area contributed by atoms with Crippen molar-refractivity contribution in [3.8, 4) is 0 Å². The van der Waals surface area contributed by atoms with Crippen molar-refractivity contribution in [1.29, 1.82) is 0 Å². The molecule has 8 nitrogen and oxygen atoms in total. The van der Waals surface area contributed by atoms with E-state index in [-0.39, 0.29) is 12.1 Å². The van der Waals surface area contributed by atoms with E-state index in [0.717, 1.165) is 34.1 Å². The monoisotopic (exact) mass is 449 g/mol. The fourth-order valence-electron chi connectivity index (χ4n) is 3.60. The van der Waals surface area contributed by atoms with Gasteiger partial charge in [-0.1, -0.05) is 42.5 Å². The minimum atomic E-state index is -0.853. The Bertz CT molecular complexity index is 1060. The van der Waals surface area contributed by atoms with Gasteiger partial charge in [-0.05, 0) is 43.2 Å². The van der Waals surface area contributed by atoms with Crippen molar-refractivity contribution in [2.24, 2.45) is 0 Å². The van der Waals surface area contributed by atoms with Gasteiger partial charge in [0.25, 0.3) is 11.8 Å². The molecule has 0 N–H and O–H groups in total.